The lowest BCUT2D eigenvalue weighted by atomic mass is 9.81. The largest absolute Gasteiger partial charge is 0.481 e. The molecule has 3 aromatic rings. The predicted molar refractivity (Wildman–Crippen MR) is 133 cm³/mol. The fourth-order valence-electron chi connectivity index (χ4n) is 5.89. The van der Waals surface area contributed by atoms with Gasteiger partial charge in [-0.2, -0.15) is 0 Å². The van der Waals surface area contributed by atoms with Gasteiger partial charge in [-0.25, -0.2) is 9.78 Å². The van der Waals surface area contributed by atoms with Gasteiger partial charge >= 0.3 is 12.1 Å². The summed E-state index contributed by atoms with van der Waals surface area (Å²) in [5.74, 6) is 0.335. The van der Waals surface area contributed by atoms with Crippen LogP contribution in [-0.2, 0) is 28.9 Å². The smallest absolute Gasteiger partial charge is 0.409 e. The molecule has 1 fully saturated rings. The maximum Gasteiger partial charge on any atom is 0.409 e. The van der Waals surface area contributed by atoms with E-state index in [1.807, 2.05) is 6.07 Å². The number of hydrogen-bond acceptors (Lipinski definition) is 4. The van der Waals surface area contributed by atoms with E-state index in [1.165, 1.54) is 18.2 Å². The molecule has 2 aromatic carbocycles. The molecule has 0 bridgehead atoms. The van der Waals surface area contributed by atoms with Crippen LogP contribution in [0, 0.1) is 5.92 Å². The van der Waals surface area contributed by atoms with Gasteiger partial charge in [0, 0.05) is 24.1 Å². The first-order valence-electron chi connectivity index (χ1n) is 12.6. The number of amides is 1. The van der Waals surface area contributed by atoms with E-state index in [2.05, 4.69) is 47.9 Å². The molecule has 0 radical (unpaired) electrons. The second kappa shape index (κ2) is 9.72. The summed E-state index contributed by atoms with van der Waals surface area (Å²) in [7, 11) is 1.42. The number of carbonyl (C=O) groups excluding carboxylic acids is 1. The zero-order chi connectivity index (χ0) is 24.5. The quantitative estimate of drug-likeness (QED) is 0.540. The number of nitrogens with zero attached hydrogens (tertiary/aromatic N) is 3. The molecule has 35 heavy (non-hydrogen) atoms. The Bertz CT molecular complexity index is 1230. The van der Waals surface area contributed by atoms with Crippen molar-refractivity contribution < 1.29 is 19.4 Å². The highest BCUT2D eigenvalue weighted by Gasteiger charge is 2.32. The van der Waals surface area contributed by atoms with Gasteiger partial charge < -0.3 is 19.3 Å². The summed E-state index contributed by atoms with van der Waals surface area (Å²) in [6.07, 6.45) is 4.39. The van der Waals surface area contributed by atoms with Crippen molar-refractivity contribution in [3.05, 3.63) is 65.0 Å². The zero-order valence-corrected chi connectivity index (χ0v) is 20.4. The maximum atomic E-state index is 12.3. The number of fused-ring (bicyclic) bond motifs is 3. The molecule has 1 amide bonds. The van der Waals surface area contributed by atoms with Crippen molar-refractivity contribution in [3.63, 3.8) is 0 Å². The number of methoxy groups -OCH3 is 1. The van der Waals surface area contributed by atoms with Crippen LogP contribution in [0.4, 0.5) is 4.79 Å². The highest BCUT2D eigenvalue weighted by atomic mass is 16.5. The first-order chi connectivity index (χ1) is 17.0. The first-order valence-corrected chi connectivity index (χ1v) is 12.6. The van der Waals surface area contributed by atoms with E-state index in [0.29, 0.717) is 25.9 Å². The number of ether oxygens (including phenoxy) is 1. The lowest BCUT2D eigenvalue weighted by Gasteiger charge is -2.28. The average Bonchev–Trinajstić information content (AvgIpc) is 3.29. The summed E-state index contributed by atoms with van der Waals surface area (Å²) < 4.78 is 7.37. The molecule has 0 saturated heterocycles. The normalized spacial score (nSPS) is 20.9. The van der Waals surface area contributed by atoms with E-state index in [4.69, 9.17) is 9.72 Å². The van der Waals surface area contributed by atoms with Crippen LogP contribution < -0.4 is 0 Å². The summed E-state index contributed by atoms with van der Waals surface area (Å²) in [6, 6.07) is 15.0. The van der Waals surface area contributed by atoms with Crippen molar-refractivity contribution in [2.75, 3.05) is 13.7 Å². The Kier molecular flexibility index (Phi) is 6.50. The SMILES string of the molecule is COC(=O)N1CCc2ccc3c(nc(C4CCC(C(=O)O)CC4)n3[C@@H](C)Cc3ccccc3)c2C1. The summed E-state index contributed by atoms with van der Waals surface area (Å²) in [5.41, 5.74) is 5.67. The molecule has 2 aliphatic rings. The fourth-order valence-corrected chi connectivity index (χ4v) is 5.89. The Hall–Kier alpha value is -3.35. The van der Waals surface area contributed by atoms with Crippen LogP contribution in [0.3, 0.4) is 0 Å². The van der Waals surface area contributed by atoms with Crippen molar-refractivity contribution in [3.8, 4) is 0 Å². The number of carboxylic acid groups (broad SMARTS) is 1. The number of aromatic nitrogens is 2. The summed E-state index contributed by atoms with van der Waals surface area (Å²) in [5, 5.41) is 9.48. The maximum absolute atomic E-state index is 12.3. The second-order valence-electron chi connectivity index (χ2n) is 9.98. The van der Waals surface area contributed by atoms with Gasteiger partial charge in [-0.1, -0.05) is 36.4 Å². The van der Waals surface area contributed by atoms with E-state index in [1.54, 1.807) is 4.90 Å². The molecular weight excluding hydrogens is 442 g/mol. The van der Waals surface area contributed by atoms with Crippen molar-refractivity contribution in [2.45, 2.75) is 64.0 Å². The van der Waals surface area contributed by atoms with Gasteiger partial charge in [-0.05, 0) is 62.6 Å². The average molecular weight is 476 g/mol. The third-order valence-corrected chi connectivity index (χ3v) is 7.78. The standard InChI is InChI=1S/C28H33N3O4/c1-18(16-19-6-4-3-5-7-19)31-24-13-12-20-14-15-30(28(34)35-2)17-23(20)25(24)29-26(31)21-8-10-22(11-9-21)27(32)33/h3-7,12-13,18,21-22H,8-11,14-17H2,1-2H3,(H,32,33)/t18-,21?,22?/m0/s1. The van der Waals surface area contributed by atoms with Gasteiger partial charge in [-0.3, -0.25) is 4.79 Å². The zero-order valence-electron chi connectivity index (χ0n) is 20.4. The monoisotopic (exact) mass is 475 g/mol. The molecule has 2 heterocycles. The molecule has 1 saturated carbocycles. The van der Waals surface area contributed by atoms with Crippen LogP contribution in [0.25, 0.3) is 11.0 Å². The van der Waals surface area contributed by atoms with Crippen LogP contribution in [-0.4, -0.2) is 45.3 Å². The number of hydrogen-bond donors (Lipinski definition) is 1. The molecule has 1 atom stereocenters. The van der Waals surface area contributed by atoms with Crippen LogP contribution in [0.5, 0.6) is 0 Å². The molecule has 7 nitrogen and oxygen atoms in total. The van der Waals surface area contributed by atoms with Gasteiger partial charge in [-0.15, -0.1) is 0 Å². The van der Waals surface area contributed by atoms with E-state index in [9.17, 15) is 14.7 Å². The van der Waals surface area contributed by atoms with E-state index in [-0.39, 0.29) is 24.0 Å². The van der Waals surface area contributed by atoms with Crippen LogP contribution in [0.2, 0.25) is 0 Å². The van der Waals surface area contributed by atoms with Gasteiger partial charge in [0.25, 0.3) is 0 Å². The molecule has 0 unspecified atom stereocenters. The van der Waals surface area contributed by atoms with Gasteiger partial charge in [0.05, 0.1) is 30.6 Å². The first kappa shape index (κ1) is 23.4. The molecule has 1 aliphatic heterocycles. The van der Waals surface area contributed by atoms with Gasteiger partial charge in [0.2, 0.25) is 0 Å². The predicted octanol–water partition coefficient (Wildman–Crippen LogP) is 5.32. The third kappa shape index (κ3) is 4.51. The Morgan fingerprint density at radius 3 is 2.54 bits per heavy atom. The topological polar surface area (TPSA) is 84.7 Å². The van der Waals surface area contributed by atoms with E-state index in [0.717, 1.165) is 48.1 Å². The van der Waals surface area contributed by atoms with E-state index >= 15 is 0 Å². The van der Waals surface area contributed by atoms with Crippen LogP contribution >= 0.6 is 0 Å². The van der Waals surface area contributed by atoms with Crippen molar-refractivity contribution >= 4 is 23.1 Å². The highest BCUT2D eigenvalue weighted by molar-refractivity contribution is 5.82. The number of imidazole rings is 1. The minimum atomic E-state index is -0.689. The molecular formula is C28H33N3O4. The van der Waals surface area contributed by atoms with Crippen molar-refractivity contribution in [2.24, 2.45) is 5.92 Å². The molecule has 1 N–H and O–H groups in total. The molecule has 7 heteroatoms. The minimum Gasteiger partial charge on any atom is -0.481 e. The number of benzene rings is 2. The number of aliphatic carboxylic acids is 1. The van der Waals surface area contributed by atoms with Gasteiger partial charge in [0.1, 0.15) is 5.82 Å². The fraction of sp³-hybridized carbons (Fsp3) is 0.464. The third-order valence-electron chi connectivity index (χ3n) is 7.78. The van der Waals surface area contributed by atoms with Crippen molar-refractivity contribution in [1.29, 1.82) is 0 Å². The Morgan fingerprint density at radius 2 is 1.86 bits per heavy atom. The molecule has 1 aromatic heterocycles. The molecule has 184 valence electrons. The highest BCUT2D eigenvalue weighted by Crippen LogP contribution is 2.40. The van der Waals surface area contributed by atoms with Crippen LogP contribution in [0.1, 0.15) is 67.1 Å². The lowest BCUT2D eigenvalue weighted by molar-refractivity contribution is -0.142. The lowest BCUT2D eigenvalue weighted by Crippen LogP contribution is -2.35. The summed E-state index contributed by atoms with van der Waals surface area (Å²) >= 11 is 0. The van der Waals surface area contributed by atoms with Crippen molar-refractivity contribution in [1.82, 2.24) is 14.5 Å². The number of rotatable bonds is 5. The molecule has 1 aliphatic carbocycles. The summed E-state index contributed by atoms with van der Waals surface area (Å²) in [6.45, 7) is 3.37. The number of carbonyl (C=O) groups is 2. The van der Waals surface area contributed by atoms with Gasteiger partial charge in [0.15, 0.2) is 0 Å². The molecule has 0 spiro atoms. The summed E-state index contributed by atoms with van der Waals surface area (Å²) in [4.78, 5) is 30.8. The Labute approximate surface area is 205 Å². The Morgan fingerprint density at radius 1 is 1.11 bits per heavy atom. The second-order valence-corrected chi connectivity index (χ2v) is 9.98. The number of carboxylic acids is 1. The minimum absolute atomic E-state index is 0.188. The van der Waals surface area contributed by atoms with E-state index < -0.39 is 5.97 Å². The molecule has 5 rings (SSSR count). The van der Waals surface area contributed by atoms with Crippen LogP contribution in [0.15, 0.2) is 42.5 Å². The Balaban J connectivity index is 1.56.